The van der Waals surface area contributed by atoms with Gasteiger partial charge in [0.05, 0.1) is 6.33 Å². The first-order valence-corrected chi connectivity index (χ1v) is 11.7. The van der Waals surface area contributed by atoms with Crippen LogP contribution in [0.1, 0.15) is 16.7 Å². The largest absolute Gasteiger partial charge is 0.332 e. The smallest absolute Gasteiger partial charge is 0.323 e. The molecule has 8 nitrogen and oxygen atoms in total. The van der Waals surface area contributed by atoms with E-state index in [0.717, 1.165) is 22.3 Å². The number of carbonyl (C=O) groups excluding carboxylic acids is 1. The van der Waals surface area contributed by atoms with Crippen LogP contribution in [0.25, 0.3) is 23.0 Å². The number of hydrogen-bond acceptors (Lipinski definition) is 5. The van der Waals surface area contributed by atoms with E-state index in [1.54, 1.807) is 18.5 Å². The molecule has 0 saturated carbocycles. The fourth-order valence-corrected chi connectivity index (χ4v) is 3.88. The van der Waals surface area contributed by atoms with E-state index in [0.29, 0.717) is 40.4 Å². The van der Waals surface area contributed by atoms with Crippen molar-refractivity contribution in [3.05, 3.63) is 101 Å². The number of aryl methyl sites for hydroxylation is 2. The molecule has 3 aromatic carbocycles. The monoisotopic (exact) mass is 498 g/mol. The zero-order valence-corrected chi connectivity index (χ0v) is 20.5. The molecule has 0 saturated heterocycles. The van der Waals surface area contributed by atoms with Gasteiger partial charge in [0, 0.05) is 34.7 Å². The third kappa shape index (κ3) is 5.45. The van der Waals surface area contributed by atoms with Gasteiger partial charge in [-0.15, -0.1) is 0 Å². The molecule has 0 bridgehead atoms. The Hall–Kier alpha value is -4.43. The molecule has 0 radical (unpaired) electrons. The van der Waals surface area contributed by atoms with E-state index in [-0.39, 0.29) is 6.03 Å². The fourth-order valence-electron chi connectivity index (χ4n) is 3.70. The van der Waals surface area contributed by atoms with E-state index in [2.05, 4.69) is 25.8 Å². The number of urea groups is 1. The van der Waals surface area contributed by atoms with Gasteiger partial charge in [0.25, 0.3) is 5.89 Å². The van der Waals surface area contributed by atoms with Gasteiger partial charge in [0.2, 0.25) is 5.82 Å². The van der Waals surface area contributed by atoms with Crippen molar-refractivity contribution < 1.29 is 9.32 Å². The molecule has 0 spiro atoms. The van der Waals surface area contributed by atoms with E-state index < -0.39 is 0 Å². The Balaban J connectivity index is 1.20. The maximum absolute atomic E-state index is 12.4. The molecular formula is C27H23ClN6O2. The topological polar surface area (TPSA) is 97.9 Å². The minimum Gasteiger partial charge on any atom is -0.332 e. The lowest BCUT2D eigenvalue weighted by Gasteiger charge is -2.11. The fraction of sp³-hybridized carbons (Fsp3) is 0.111. The minimum atomic E-state index is -0.336. The van der Waals surface area contributed by atoms with Gasteiger partial charge in [-0.05, 0) is 55.3 Å². The minimum absolute atomic E-state index is 0.336. The van der Waals surface area contributed by atoms with Crippen molar-refractivity contribution in [2.24, 2.45) is 0 Å². The molecule has 0 aliphatic heterocycles. The van der Waals surface area contributed by atoms with Crippen molar-refractivity contribution in [3.63, 3.8) is 0 Å². The molecule has 2 N–H and O–H groups in total. The average molecular weight is 499 g/mol. The quantitative estimate of drug-likeness (QED) is 0.276. The summed E-state index contributed by atoms with van der Waals surface area (Å²) < 4.78 is 7.36. The zero-order chi connectivity index (χ0) is 25.1. The van der Waals surface area contributed by atoms with Crippen LogP contribution in [0, 0.1) is 13.8 Å². The first-order chi connectivity index (χ1) is 17.4. The average Bonchev–Trinajstić information content (AvgIpc) is 3.53. The van der Waals surface area contributed by atoms with Gasteiger partial charge in [0.1, 0.15) is 5.69 Å². The molecule has 180 valence electrons. The Bertz CT molecular complexity index is 1520. The lowest BCUT2D eigenvalue weighted by Crippen LogP contribution is -2.20. The van der Waals surface area contributed by atoms with Crippen LogP contribution < -0.4 is 10.6 Å². The van der Waals surface area contributed by atoms with Crippen molar-refractivity contribution in [2.75, 3.05) is 10.6 Å². The van der Waals surface area contributed by atoms with Gasteiger partial charge < -0.3 is 19.7 Å². The van der Waals surface area contributed by atoms with Crippen LogP contribution in [0.5, 0.6) is 0 Å². The summed E-state index contributed by atoms with van der Waals surface area (Å²) in [6, 6.07) is 20.6. The molecule has 9 heteroatoms. The van der Waals surface area contributed by atoms with Gasteiger partial charge in [-0.1, -0.05) is 58.7 Å². The Morgan fingerprint density at radius 3 is 2.67 bits per heavy atom. The summed E-state index contributed by atoms with van der Waals surface area (Å²) in [4.78, 5) is 21.3. The number of anilines is 2. The number of rotatable bonds is 6. The molecule has 0 atom stereocenters. The van der Waals surface area contributed by atoms with E-state index in [1.165, 1.54) is 0 Å². The summed E-state index contributed by atoms with van der Waals surface area (Å²) >= 11 is 6.02. The third-order valence-corrected chi connectivity index (χ3v) is 5.81. The summed E-state index contributed by atoms with van der Waals surface area (Å²) in [7, 11) is 0. The molecule has 0 aliphatic carbocycles. The Kier molecular flexibility index (Phi) is 6.51. The number of nitrogens with zero attached hydrogens (tertiary/aromatic N) is 4. The van der Waals surface area contributed by atoms with E-state index in [9.17, 15) is 4.79 Å². The van der Waals surface area contributed by atoms with Crippen molar-refractivity contribution in [1.29, 1.82) is 0 Å². The standard InChI is InChI=1S/C27H23ClN6O2/c1-17-4-3-5-20(12-17)25-32-26(36-33-25)24-15-34(16-29-24)14-19-7-10-22(11-8-19)30-27(35)31-23-13-21(28)9-6-18(23)2/h3-13,15-16H,14H2,1-2H3,(H2,30,31,35). The Morgan fingerprint density at radius 1 is 1.03 bits per heavy atom. The van der Waals surface area contributed by atoms with Crippen LogP contribution in [0.15, 0.2) is 83.8 Å². The summed E-state index contributed by atoms with van der Waals surface area (Å²) in [5, 5.41) is 10.3. The highest BCUT2D eigenvalue weighted by atomic mass is 35.5. The molecule has 2 heterocycles. The molecule has 0 unspecified atom stereocenters. The normalized spacial score (nSPS) is 10.9. The lowest BCUT2D eigenvalue weighted by atomic mass is 10.1. The molecule has 36 heavy (non-hydrogen) atoms. The second-order valence-corrected chi connectivity index (χ2v) is 8.90. The third-order valence-electron chi connectivity index (χ3n) is 5.58. The molecule has 5 aromatic rings. The lowest BCUT2D eigenvalue weighted by molar-refractivity contribution is 0.262. The van der Waals surface area contributed by atoms with E-state index >= 15 is 0 Å². The number of carbonyl (C=O) groups is 1. The first kappa shape index (κ1) is 23.3. The molecule has 0 aliphatic rings. The SMILES string of the molecule is Cc1cccc(-c2noc(-c3cn(Cc4ccc(NC(=O)Nc5cc(Cl)ccc5C)cc4)cn3)n2)c1. The molecular weight excluding hydrogens is 476 g/mol. The Morgan fingerprint density at radius 2 is 1.86 bits per heavy atom. The summed E-state index contributed by atoms with van der Waals surface area (Å²) in [6.07, 6.45) is 3.58. The van der Waals surface area contributed by atoms with Gasteiger partial charge in [-0.3, -0.25) is 0 Å². The predicted octanol–water partition coefficient (Wildman–Crippen LogP) is 6.56. The number of hydrogen-bond donors (Lipinski definition) is 2. The highest BCUT2D eigenvalue weighted by molar-refractivity contribution is 6.31. The van der Waals surface area contributed by atoms with Gasteiger partial charge in [0.15, 0.2) is 0 Å². The highest BCUT2D eigenvalue weighted by Gasteiger charge is 2.13. The maximum Gasteiger partial charge on any atom is 0.323 e. The summed E-state index contributed by atoms with van der Waals surface area (Å²) in [5.41, 5.74) is 5.94. The van der Waals surface area contributed by atoms with Crippen molar-refractivity contribution >= 4 is 29.0 Å². The Labute approximate surface area is 213 Å². The van der Waals surface area contributed by atoms with Crippen LogP contribution in [0.3, 0.4) is 0 Å². The van der Waals surface area contributed by atoms with Gasteiger partial charge >= 0.3 is 6.03 Å². The number of amides is 2. The van der Waals surface area contributed by atoms with Crippen LogP contribution in [-0.2, 0) is 6.54 Å². The van der Waals surface area contributed by atoms with Crippen LogP contribution in [0.2, 0.25) is 5.02 Å². The summed E-state index contributed by atoms with van der Waals surface area (Å²) in [6.45, 7) is 4.52. The number of nitrogens with one attached hydrogen (secondary N) is 2. The number of imidazole rings is 1. The van der Waals surface area contributed by atoms with Gasteiger partial charge in [-0.2, -0.15) is 4.98 Å². The molecule has 2 aromatic heterocycles. The van der Waals surface area contributed by atoms with Crippen molar-refractivity contribution in [2.45, 2.75) is 20.4 Å². The number of benzene rings is 3. The zero-order valence-electron chi connectivity index (χ0n) is 19.7. The number of halogens is 1. The first-order valence-electron chi connectivity index (χ1n) is 11.3. The molecule has 2 amide bonds. The van der Waals surface area contributed by atoms with Crippen LogP contribution in [-0.4, -0.2) is 25.7 Å². The molecule has 0 fully saturated rings. The molecule has 5 rings (SSSR count). The highest BCUT2D eigenvalue weighted by Crippen LogP contribution is 2.23. The maximum atomic E-state index is 12.4. The van der Waals surface area contributed by atoms with Crippen molar-refractivity contribution in [1.82, 2.24) is 19.7 Å². The number of aromatic nitrogens is 4. The van der Waals surface area contributed by atoms with Crippen molar-refractivity contribution in [3.8, 4) is 23.0 Å². The second-order valence-electron chi connectivity index (χ2n) is 8.46. The summed E-state index contributed by atoms with van der Waals surface area (Å²) in [5.74, 6) is 0.895. The van der Waals surface area contributed by atoms with Crippen LogP contribution >= 0.6 is 11.6 Å². The van der Waals surface area contributed by atoms with Crippen LogP contribution in [0.4, 0.5) is 16.2 Å². The van der Waals surface area contributed by atoms with E-state index in [1.807, 2.05) is 79.2 Å². The van der Waals surface area contributed by atoms with Gasteiger partial charge in [-0.25, -0.2) is 9.78 Å². The second kappa shape index (κ2) is 10.1. The van der Waals surface area contributed by atoms with E-state index in [4.69, 9.17) is 16.1 Å². The predicted molar refractivity (Wildman–Crippen MR) is 140 cm³/mol.